The number of hydrogen-bond acceptors (Lipinski definition) is 4. The van der Waals surface area contributed by atoms with Crippen molar-refractivity contribution >= 4 is 17.8 Å². The predicted molar refractivity (Wildman–Crippen MR) is 78.5 cm³/mol. The van der Waals surface area contributed by atoms with Crippen LogP contribution in [-0.2, 0) is 9.59 Å². The lowest BCUT2D eigenvalue weighted by Gasteiger charge is -2.35. The number of nitrogens with one attached hydrogen (secondary N) is 1. The van der Waals surface area contributed by atoms with Crippen molar-refractivity contribution in [3.05, 3.63) is 0 Å². The number of rotatable bonds is 4. The molecule has 0 aliphatic carbocycles. The highest BCUT2D eigenvalue weighted by molar-refractivity contribution is 6.05. The molecule has 22 heavy (non-hydrogen) atoms. The Balaban J connectivity index is 1.90. The van der Waals surface area contributed by atoms with Crippen molar-refractivity contribution in [2.24, 2.45) is 5.41 Å². The summed E-state index contributed by atoms with van der Waals surface area (Å²) in [6, 6.07) is 1.12. The van der Waals surface area contributed by atoms with Crippen LogP contribution in [0.5, 0.6) is 0 Å². The van der Waals surface area contributed by atoms with Crippen molar-refractivity contribution in [1.29, 1.82) is 5.26 Å². The summed E-state index contributed by atoms with van der Waals surface area (Å²) in [7, 11) is 0. The fourth-order valence-corrected chi connectivity index (χ4v) is 2.82. The Morgan fingerprint density at radius 3 is 2.59 bits per heavy atom. The first-order chi connectivity index (χ1) is 10.4. The maximum atomic E-state index is 12.3. The zero-order valence-electron chi connectivity index (χ0n) is 13.1. The zero-order chi connectivity index (χ0) is 16.3. The van der Waals surface area contributed by atoms with Crippen molar-refractivity contribution < 1.29 is 14.4 Å². The third-order valence-corrected chi connectivity index (χ3v) is 4.42. The van der Waals surface area contributed by atoms with Crippen LogP contribution in [0.1, 0.15) is 39.5 Å². The summed E-state index contributed by atoms with van der Waals surface area (Å²) < 4.78 is 0. The standard InChI is InChI=1S/C15H22N4O3/c1-3-6-19-13(21)11(17-14(19)22)9-12(20)18-7-4-15(2,10-16)5-8-18/h11H,3-9H2,1-2H3,(H,17,22). The van der Waals surface area contributed by atoms with E-state index in [2.05, 4.69) is 11.4 Å². The van der Waals surface area contributed by atoms with E-state index in [1.807, 2.05) is 13.8 Å². The SMILES string of the molecule is CCCN1C(=O)NC(CC(=O)N2CCC(C)(C#N)CC2)C1=O. The third-order valence-electron chi connectivity index (χ3n) is 4.42. The molecule has 0 bridgehead atoms. The van der Waals surface area contributed by atoms with Crippen molar-refractivity contribution in [2.45, 2.75) is 45.6 Å². The quantitative estimate of drug-likeness (QED) is 0.779. The molecule has 0 aromatic rings. The van der Waals surface area contributed by atoms with Crippen LogP contribution in [0.4, 0.5) is 4.79 Å². The molecule has 2 aliphatic rings. The number of nitrogens with zero attached hydrogens (tertiary/aromatic N) is 3. The normalized spacial score (nSPS) is 24.1. The van der Waals surface area contributed by atoms with Gasteiger partial charge in [-0.05, 0) is 26.2 Å². The number of urea groups is 1. The molecular weight excluding hydrogens is 284 g/mol. The van der Waals surface area contributed by atoms with Crippen molar-refractivity contribution in [2.75, 3.05) is 19.6 Å². The molecule has 0 aromatic heterocycles. The smallest absolute Gasteiger partial charge is 0.324 e. The minimum atomic E-state index is -0.754. The van der Waals surface area contributed by atoms with Crippen LogP contribution >= 0.6 is 0 Å². The summed E-state index contributed by atoms with van der Waals surface area (Å²) in [4.78, 5) is 38.9. The van der Waals surface area contributed by atoms with Crippen LogP contribution in [0.3, 0.4) is 0 Å². The van der Waals surface area contributed by atoms with E-state index in [1.165, 1.54) is 4.90 Å². The summed E-state index contributed by atoms with van der Waals surface area (Å²) in [5, 5.41) is 11.7. The highest BCUT2D eigenvalue weighted by Crippen LogP contribution is 2.30. The lowest BCUT2D eigenvalue weighted by atomic mass is 9.82. The largest absolute Gasteiger partial charge is 0.343 e. The highest BCUT2D eigenvalue weighted by Gasteiger charge is 2.40. The number of amides is 4. The van der Waals surface area contributed by atoms with Crippen LogP contribution < -0.4 is 5.32 Å². The number of piperidine rings is 1. The summed E-state index contributed by atoms with van der Waals surface area (Å²) in [5.74, 6) is -0.462. The van der Waals surface area contributed by atoms with Gasteiger partial charge in [0.2, 0.25) is 5.91 Å². The Morgan fingerprint density at radius 1 is 1.41 bits per heavy atom. The van der Waals surface area contributed by atoms with Crippen LogP contribution in [0.25, 0.3) is 0 Å². The molecule has 0 saturated carbocycles. The van der Waals surface area contributed by atoms with Gasteiger partial charge in [-0.1, -0.05) is 6.92 Å². The van der Waals surface area contributed by atoms with Gasteiger partial charge in [-0.15, -0.1) is 0 Å². The first-order valence-electron chi connectivity index (χ1n) is 7.71. The summed E-state index contributed by atoms with van der Waals surface area (Å²) >= 11 is 0. The van der Waals surface area contributed by atoms with E-state index < -0.39 is 12.1 Å². The molecule has 2 rings (SSSR count). The van der Waals surface area contributed by atoms with Crippen molar-refractivity contribution in [1.82, 2.24) is 15.1 Å². The minimum absolute atomic E-state index is 0.00590. The molecule has 0 radical (unpaired) electrons. The van der Waals surface area contributed by atoms with Crippen LogP contribution in [0, 0.1) is 16.7 Å². The van der Waals surface area contributed by atoms with Gasteiger partial charge in [0.05, 0.1) is 17.9 Å². The van der Waals surface area contributed by atoms with Crippen molar-refractivity contribution in [3.8, 4) is 6.07 Å². The molecular formula is C15H22N4O3. The van der Waals surface area contributed by atoms with E-state index in [-0.39, 0.29) is 23.7 Å². The number of carbonyl (C=O) groups excluding carboxylic acids is 3. The van der Waals surface area contributed by atoms with Gasteiger partial charge in [0.25, 0.3) is 5.91 Å². The number of nitriles is 1. The molecule has 7 nitrogen and oxygen atoms in total. The highest BCUT2D eigenvalue weighted by atomic mass is 16.2. The van der Waals surface area contributed by atoms with E-state index in [4.69, 9.17) is 5.26 Å². The predicted octanol–water partition coefficient (Wildman–Crippen LogP) is 0.859. The van der Waals surface area contributed by atoms with E-state index in [0.29, 0.717) is 38.9 Å². The molecule has 4 amide bonds. The van der Waals surface area contributed by atoms with Gasteiger partial charge in [-0.3, -0.25) is 14.5 Å². The second kappa shape index (κ2) is 6.34. The first-order valence-corrected chi connectivity index (χ1v) is 7.71. The molecule has 1 atom stereocenters. The zero-order valence-corrected chi connectivity index (χ0v) is 13.1. The van der Waals surface area contributed by atoms with Gasteiger partial charge in [0.15, 0.2) is 0 Å². The van der Waals surface area contributed by atoms with E-state index in [1.54, 1.807) is 4.90 Å². The lowest BCUT2D eigenvalue weighted by molar-refractivity contribution is -0.137. The lowest BCUT2D eigenvalue weighted by Crippen LogP contribution is -2.44. The molecule has 1 unspecified atom stereocenters. The van der Waals surface area contributed by atoms with Crippen LogP contribution in [0.2, 0.25) is 0 Å². The Bertz CT molecular complexity index is 517. The van der Waals surface area contributed by atoms with Crippen LogP contribution in [0.15, 0.2) is 0 Å². The van der Waals surface area contributed by atoms with Gasteiger partial charge in [-0.2, -0.15) is 5.26 Å². The molecule has 1 N–H and O–H groups in total. The summed E-state index contributed by atoms with van der Waals surface area (Å²) in [5.41, 5.74) is -0.369. The number of likely N-dealkylation sites (tertiary alicyclic amines) is 1. The minimum Gasteiger partial charge on any atom is -0.343 e. The van der Waals surface area contributed by atoms with Gasteiger partial charge >= 0.3 is 6.03 Å². The third kappa shape index (κ3) is 3.21. The van der Waals surface area contributed by atoms with Gasteiger partial charge in [-0.25, -0.2) is 4.79 Å². The maximum absolute atomic E-state index is 12.3. The Kier molecular flexibility index (Phi) is 4.69. The Labute approximate surface area is 130 Å². The van der Waals surface area contributed by atoms with Crippen LogP contribution in [-0.4, -0.2) is 53.3 Å². The summed E-state index contributed by atoms with van der Waals surface area (Å²) in [6.07, 6.45) is 1.97. The Morgan fingerprint density at radius 2 is 2.05 bits per heavy atom. The van der Waals surface area contributed by atoms with Gasteiger partial charge in [0, 0.05) is 19.6 Å². The van der Waals surface area contributed by atoms with Gasteiger partial charge in [0.1, 0.15) is 6.04 Å². The molecule has 120 valence electrons. The molecule has 2 saturated heterocycles. The summed E-state index contributed by atoms with van der Waals surface area (Å²) in [6.45, 7) is 5.21. The fourth-order valence-electron chi connectivity index (χ4n) is 2.82. The molecule has 2 heterocycles. The average Bonchev–Trinajstić information content (AvgIpc) is 2.76. The molecule has 0 spiro atoms. The van der Waals surface area contributed by atoms with Gasteiger partial charge < -0.3 is 10.2 Å². The first kappa shape index (κ1) is 16.3. The fraction of sp³-hybridized carbons (Fsp3) is 0.733. The monoisotopic (exact) mass is 306 g/mol. The molecule has 7 heteroatoms. The average molecular weight is 306 g/mol. The second-order valence-electron chi connectivity index (χ2n) is 6.25. The molecule has 2 aliphatic heterocycles. The topological polar surface area (TPSA) is 93.5 Å². The van der Waals surface area contributed by atoms with E-state index in [9.17, 15) is 14.4 Å². The maximum Gasteiger partial charge on any atom is 0.324 e. The Hall–Kier alpha value is -2.10. The van der Waals surface area contributed by atoms with E-state index in [0.717, 1.165) is 0 Å². The second-order valence-corrected chi connectivity index (χ2v) is 6.25. The molecule has 0 aromatic carbocycles. The number of imide groups is 1. The van der Waals surface area contributed by atoms with E-state index >= 15 is 0 Å². The van der Waals surface area contributed by atoms with Crippen molar-refractivity contribution in [3.63, 3.8) is 0 Å². The number of hydrogen-bond donors (Lipinski definition) is 1. The molecule has 2 fully saturated rings. The number of carbonyl (C=O) groups is 3.